The van der Waals surface area contributed by atoms with Gasteiger partial charge in [0, 0.05) is 22.9 Å². The molecular weight excluding hydrogens is 272 g/mol. The van der Waals surface area contributed by atoms with Gasteiger partial charge in [0.2, 0.25) is 0 Å². The fourth-order valence-electron chi connectivity index (χ4n) is 1.22. The molecule has 0 radical (unpaired) electrons. The van der Waals surface area contributed by atoms with Gasteiger partial charge in [-0.15, -0.1) is 0 Å². The molecule has 8 nitrogen and oxygen atoms in total. The second-order valence-electron chi connectivity index (χ2n) is 3.98. The first-order valence-electron chi connectivity index (χ1n) is 6.26. The van der Waals surface area contributed by atoms with Crippen LogP contribution < -0.4 is 0 Å². The predicted octanol–water partition coefficient (Wildman–Crippen LogP) is 1.37. The van der Waals surface area contributed by atoms with Crippen LogP contribution in [0.3, 0.4) is 0 Å². The third kappa shape index (κ3) is 10.2. The van der Waals surface area contributed by atoms with Gasteiger partial charge in [-0.25, -0.2) is 9.59 Å². The molecule has 0 fully saturated rings. The standard InChI is InChI=1S/C12H18O8/c1-3-5-9(13)7-11(15)17-19-20-18-12(16)8-10(14)6-4-2/h3-8H2,1-2H3. The van der Waals surface area contributed by atoms with Gasteiger partial charge in [-0.3, -0.25) is 19.4 Å². The first-order valence-corrected chi connectivity index (χ1v) is 6.26. The normalized spacial score (nSPS) is 9.90. The summed E-state index contributed by atoms with van der Waals surface area (Å²) in [6.45, 7) is 3.59. The lowest BCUT2D eigenvalue weighted by Crippen LogP contribution is -2.15. The summed E-state index contributed by atoms with van der Waals surface area (Å²) < 4.78 is 0. The molecule has 0 heterocycles. The Labute approximate surface area is 116 Å². The predicted molar refractivity (Wildman–Crippen MR) is 63.4 cm³/mol. The molecular formula is C12H18O8. The van der Waals surface area contributed by atoms with Crippen molar-refractivity contribution in [3.05, 3.63) is 0 Å². The first kappa shape index (κ1) is 18.2. The van der Waals surface area contributed by atoms with Gasteiger partial charge >= 0.3 is 11.9 Å². The molecule has 0 atom stereocenters. The fraction of sp³-hybridized carbons (Fsp3) is 0.667. The molecule has 0 N–H and O–H groups in total. The van der Waals surface area contributed by atoms with E-state index < -0.39 is 24.8 Å². The van der Waals surface area contributed by atoms with Gasteiger partial charge in [-0.1, -0.05) is 13.8 Å². The van der Waals surface area contributed by atoms with Gasteiger partial charge in [-0.05, 0) is 12.8 Å². The van der Waals surface area contributed by atoms with E-state index in [0.29, 0.717) is 12.8 Å². The van der Waals surface area contributed by atoms with Crippen LogP contribution in [0.25, 0.3) is 0 Å². The highest BCUT2D eigenvalue weighted by atomic mass is 17.7. The van der Waals surface area contributed by atoms with Crippen LogP contribution in [0.1, 0.15) is 52.4 Å². The molecule has 8 heteroatoms. The lowest BCUT2D eigenvalue weighted by Gasteiger charge is -2.01. The second-order valence-corrected chi connectivity index (χ2v) is 3.98. The summed E-state index contributed by atoms with van der Waals surface area (Å²) in [5.74, 6) is -2.55. The van der Waals surface area contributed by atoms with Crippen LogP contribution in [0.5, 0.6) is 0 Å². The highest BCUT2D eigenvalue weighted by Gasteiger charge is 2.14. The second kappa shape index (κ2) is 11.1. The molecule has 20 heavy (non-hydrogen) atoms. The van der Waals surface area contributed by atoms with E-state index in [1.165, 1.54) is 0 Å². The minimum atomic E-state index is -0.971. The van der Waals surface area contributed by atoms with Crippen LogP contribution in [0.4, 0.5) is 0 Å². The van der Waals surface area contributed by atoms with Crippen molar-refractivity contribution in [3.8, 4) is 0 Å². The van der Waals surface area contributed by atoms with Crippen LogP contribution >= 0.6 is 0 Å². The Morgan fingerprint density at radius 1 is 0.700 bits per heavy atom. The molecule has 0 amide bonds. The number of rotatable bonds is 11. The summed E-state index contributed by atoms with van der Waals surface area (Å²) in [7, 11) is 0. The Kier molecular flexibility index (Phi) is 10.1. The maximum Gasteiger partial charge on any atom is 0.353 e. The molecule has 114 valence electrons. The lowest BCUT2D eigenvalue weighted by atomic mass is 10.2. The molecule has 0 bridgehead atoms. The van der Waals surface area contributed by atoms with Crippen molar-refractivity contribution in [2.45, 2.75) is 52.4 Å². The Morgan fingerprint density at radius 3 is 1.35 bits per heavy atom. The van der Waals surface area contributed by atoms with E-state index in [-0.39, 0.29) is 24.4 Å². The Bertz CT molecular complexity index is 315. The molecule has 0 rings (SSSR count). The molecule has 0 unspecified atom stereocenters. The molecule has 0 aliphatic carbocycles. The van der Waals surface area contributed by atoms with Gasteiger partial charge in [0.15, 0.2) is 0 Å². The number of hydrogen-bond donors (Lipinski definition) is 0. The van der Waals surface area contributed by atoms with E-state index in [1.54, 1.807) is 13.8 Å². The maximum atomic E-state index is 11.1. The van der Waals surface area contributed by atoms with Crippen molar-refractivity contribution in [1.29, 1.82) is 0 Å². The van der Waals surface area contributed by atoms with Crippen molar-refractivity contribution >= 4 is 23.5 Å². The molecule has 0 spiro atoms. The van der Waals surface area contributed by atoms with E-state index in [2.05, 4.69) is 19.9 Å². The summed E-state index contributed by atoms with van der Waals surface area (Å²) in [6.07, 6.45) is 0.828. The Hall–Kier alpha value is -1.80. The van der Waals surface area contributed by atoms with Crippen molar-refractivity contribution in [1.82, 2.24) is 0 Å². The highest BCUT2D eigenvalue weighted by molar-refractivity contribution is 5.95. The minimum absolute atomic E-state index is 0.254. The van der Waals surface area contributed by atoms with Crippen LogP contribution in [-0.2, 0) is 39.0 Å². The number of carbonyl (C=O) groups excluding carboxylic acids is 4. The van der Waals surface area contributed by atoms with E-state index in [0.717, 1.165) is 0 Å². The van der Waals surface area contributed by atoms with Crippen molar-refractivity contribution < 1.29 is 39.0 Å². The van der Waals surface area contributed by atoms with Gasteiger partial charge < -0.3 is 0 Å². The number of Topliss-reactive ketones (excluding diaryl/α,β-unsaturated/α-hetero) is 2. The zero-order valence-electron chi connectivity index (χ0n) is 11.5. The Morgan fingerprint density at radius 2 is 1.05 bits per heavy atom. The number of carbonyl (C=O) groups is 4. The first-order chi connectivity index (χ1) is 9.49. The van der Waals surface area contributed by atoms with Gasteiger partial charge in [0.05, 0.1) is 0 Å². The summed E-state index contributed by atoms with van der Waals surface area (Å²) >= 11 is 0. The third-order valence-corrected chi connectivity index (χ3v) is 2.02. The van der Waals surface area contributed by atoms with E-state index in [4.69, 9.17) is 0 Å². The molecule has 0 saturated carbocycles. The molecule has 0 aromatic heterocycles. The van der Waals surface area contributed by atoms with Crippen molar-refractivity contribution in [2.24, 2.45) is 0 Å². The SMILES string of the molecule is CCCC(=O)CC(=O)OOOOC(=O)CC(=O)CCC. The third-order valence-electron chi connectivity index (χ3n) is 2.02. The summed E-state index contributed by atoms with van der Waals surface area (Å²) in [4.78, 5) is 52.1. The summed E-state index contributed by atoms with van der Waals surface area (Å²) in [5, 5.41) is 7.66. The zero-order chi connectivity index (χ0) is 15.4. The number of hydrogen-bond acceptors (Lipinski definition) is 8. The van der Waals surface area contributed by atoms with Crippen molar-refractivity contribution in [3.63, 3.8) is 0 Å². The van der Waals surface area contributed by atoms with Crippen molar-refractivity contribution in [2.75, 3.05) is 0 Å². The Balaban J connectivity index is 3.65. The van der Waals surface area contributed by atoms with Crippen LogP contribution in [0, 0.1) is 0 Å². The van der Waals surface area contributed by atoms with E-state index >= 15 is 0 Å². The average molecular weight is 290 g/mol. The topological polar surface area (TPSA) is 105 Å². The maximum absolute atomic E-state index is 11.1. The van der Waals surface area contributed by atoms with Crippen LogP contribution in [-0.4, -0.2) is 23.5 Å². The smallest absolute Gasteiger partial charge is 0.299 e. The van der Waals surface area contributed by atoms with Gasteiger partial charge in [-0.2, -0.15) is 0 Å². The monoisotopic (exact) mass is 290 g/mol. The highest BCUT2D eigenvalue weighted by Crippen LogP contribution is 1.99. The van der Waals surface area contributed by atoms with Gasteiger partial charge in [0.1, 0.15) is 24.4 Å². The minimum Gasteiger partial charge on any atom is -0.299 e. The summed E-state index contributed by atoms with van der Waals surface area (Å²) in [6, 6.07) is 0. The largest absolute Gasteiger partial charge is 0.353 e. The number of ketones is 2. The fourth-order valence-corrected chi connectivity index (χ4v) is 1.22. The quantitative estimate of drug-likeness (QED) is 0.243. The molecule has 0 aromatic rings. The molecule has 0 aliphatic heterocycles. The summed E-state index contributed by atoms with van der Waals surface area (Å²) in [5.41, 5.74) is 0. The average Bonchev–Trinajstić information content (AvgIpc) is 2.35. The van der Waals surface area contributed by atoms with Gasteiger partial charge in [0.25, 0.3) is 0 Å². The lowest BCUT2D eigenvalue weighted by molar-refractivity contribution is -0.600. The molecule has 0 saturated heterocycles. The zero-order valence-corrected chi connectivity index (χ0v) is 11.5. The van der Waals surface area contributed by atoms with Crippen LogP contribution in [0.15, 0.2) is 0 Å². The van der Waals surface area contributed by atoms with E-state index in [9.17, 15) is 19.2 Å². The van der Waals surface area contributed by atoms with Crippen LogP contribution in [0.2, 0.25) is 0 Å². The molecule has 0 aromatic carbocycles. The van der Waals surface area contributed by atoms with E-state index in [1.807, 2.05) is 0 Å². The molecule has 0 aliphatic rings.